The summed E-state index contributed by atoms with van der Waals surface area (Å²) in [5.74, 6) is 0.338. The first-order chi connectivity index (χ1) is 8.34. The van der Waals surface area contributed by atoms with Gasteiger partial charge in [-0.15, -0.1) is 0 Å². The molecule has 17 heavy (non-hydrogen) atoms. The zero-order valence-corrected chi connectivity index (χ0v) is 9.89. The highest BCUT2D eigenvalue weighted by molar-refractivity contribution is 5.86. The monoisotopic (exact) mass is 231 g/mol. The number of carbonyl (C=O) groups is 1. The Morgan fingerprint density at radius 3 is 3.24 bits per heavy atom. The first-order valence-corrected chi connectivity index (χ1v) is 6.42. The number of ketones is 1. The van der Waals surface area contributed by atoms with Crippen LogP contribution in [0.4, 0.5) is 0 Å². The van der Waals surface area contributed by atoms with E-state index in [2.05, 4.69) is 11.1 Å². The molecular weight excluding hydrogens is 214 g/mol. The van der Waals surface area contributed by atoms with E-state index in [9.17, 15) is 4.79 Å². The molecule has 3 rings (SSSR count). The van der Waals surface area contributed by atoms with Gasteiger partial charge in [0, 0.05) is 19.2 Å². The minimum absolute atomic E-state index is 0.0235. The van der Waals surface area contributed by atoms with E-state index in [1.165, 1.54) is 5.56 Å². The molecule has 2 aliphatic rings. The van der Waals surface area contributed by atoms with Crippen LogP contribution in [0.25, 0.3) is 0 Å². The molecule has 0 spiro atoms. The van der Waals surface area contributed by atoms with E-state index < -0.39 is 0 Å². The van der Waals surface area contributed by atoms with Gasteiger partial charge in [0.15, 0.2) is 0 Å². The van der Waals surface area contributed by atoms with Crippen molar-refractivity contribution < 1.29 is 9.53 Å². The summed E-state index contributed by atoms with van der Waals surface area (Å²) in [6.07, 6.45) is 6.57. The fourth-order valence-corrected chi connectivity index (χ4v) is 2.90. The van der Waals surface area contributed by atoms with Gasteiger partial charge < -0.3 is 4.74 Å². The predicted octanol–water partition coefficient (Wildman–Crippen LogP) is 2.25. The number of aromatic nitrogens is 1. The molecule has 0 saturated carbocycles. The molecule has 1 fully saturated rings. The van der Waals surface area contributed by atoms with Gasteiger partial charge in [0.2, 0.25) is 0 Å². The summed E-state index contributed by atoms with van der Waals surface area (Å²) in [4.78, 5) is 16.6. The minimum atomic E-state index is 0.0235. The van der Waals surface area contributed by atoms with Crippen LogP contribution in [0, 0.1) is 0 Å². The van der Waals surface area contributed by atoms with Crippen LogP contribution < -0.4 is 0 Å². The number of pyridine rings is 1. The smallest absolute Gasteiger partial charge is 0.144 e. The second-order valence-corrected chi connectivity index (χ2v) is 4.94. The molecule has 0 bridgehead atoms. The number of nitrogens with zero attached hydrogens (tertiary/aromatic N) is 1. The second kappa shape index (κ2) is 4.57. The van der Waals surface area contributed by atoms with Crippen molar-refractivity contribution in [2.45, 2.75) is 44.1 Å². The molecule has 1 aliphatic carbocycles. The fourth-order valence-electron chi connectivity index (χ4n) is 2.90. The van der Waals surface area contributed by atoms with Crippen molar-refractivity contribution >= 4 is 5.78 Å². The molecule has 3 nitrogen and oxygen atoms in total. The predicted molar refractivity (Wildman–Crippen MR) is 63.9 cm³/mol. The molecule has 1 aromatic heterocycles. The first-order valence-electron chi connectivity index (χ1n) is 6.42. The Balaban J connectivity index is 1.71. The number of rotatable bonds is 3. The van der Waals surface area contributed by atoms with Crippen molar-refractivity contribution in [3.8, 4) is 0 Å². The second-order valence-electron chi connectivity index (χ2n) is 4.94. The van der Waals surface area contributed by atoms with Gasteiger partial charge in [-0.3, -0.25) is 9.78 Å². The summed E-state index contributed by atoms with van der Waals surface area (Å²) < 4.78 is 5.53. The van der Waals surface area contributed by atoms with Gasteiger partial charge in [0.05, 0.1) is 17.7 Å². The molecule has 1 saturated heterocycles. The average molecular weight is 231 g/mol. The van der Waals surface area contributed by atoms with Gasteiger partial charge >= 0.3 is 0 Å². The fraction of sp³-hybridized carbons (Fsp3) is 0.571. The van der Waals surface area contributed by atoms with Crippen LogP contribution >= 0.6 is 0 Å². The van der Waals surface area contributed by atoms with E-state index in [0.717, 1.165) is 38.0 Å². The van der Waals surface area contributed by atoms with Crippen LogP contribution in [-0.4, -0.2) is 23.5 Å². The third-order valence-corrected chi connectivity index (χ3v) is 3.80. The maximum absolute atomic E-state index is 12.2. The average Bonchev–Trinajstić information content (AvgIpc) is 2.96. The maximum atomic E-state index is 12.2. The highest BCUT2D eigenvalue weighted by Gasteiger charge is 2.31. The Morgan fingerprint density at radius 2 is 2.41 bits per heavy atom. The van der Waals surface area contributed by atoms with E-state index in [-0.39, 0.29) is 12.0 Å². The van der Waals surface area contributed by atoms with Gasteiger partial charge in [-0.2, -0.15) is 0 Å². The van der Waals surface area contributed by atoms with Crippen LogP contribution in [0.15, 0.2) is 18.3 Å². The highest BCUT2D eigenvalue weighted by Crippen LogP contribution is 2.33. The topological polar surface area (TPSA) is 39.2 Å². The van der Waals surface area contributed by atoms with Gasteiger partial charge in [-0.25, -0.2) is 0 Å². The van der Waals surface area contributed by atoms with Crippen LogP contribution in [0.1, 0.15) is 42.9 Å². The van der Waals surface area contributed by atoms with Crippen molar-refractivity contribution in [1.82, 2.24) is 4.98 Å². The van der Waals surface area contributed by atoms with Crippen LogP contribution in [0.3, 0.4) is 0 Å². The standard InChI is InChI=1S/C14H17NO2/c16-13(9-11-4-2-8-17-11)12-6-5-10-3-1-7-15-14(10)12/h1,3,7,11-12H,2,4-6,8-9H2. The summed E-state index contributed by atoms with van der Waals surface area (Å²) in [6, 6.07) is 4.04. The van der Waals surface area contributed by atoms with E-state index in [4.69, 9.17) is 4.74 Å². The number of hydrogen-bond donors (Lipinski definition) is 0. The van der Waals surface area contributed by atoms with Gasteiger partial charge in [0.1, 0.15) is 5.78 Å². The van der Waals surface area contributed by atoms with Crippen molar-refractivity contribution in [2.24, 2.45) is 0 Å². The lowest BCUT2D eigenvalue weighted by atomic mass is 9.96. The Morgan fingerprint density at radius 1 is 1.47 bits per heavy atom. The zero-order valence-electron chi connectivity index (χ0n) is 9.89. The molecule has 0 N–H and O–H groups in total. The normalized spacial score (nSPS) is 27.1. The third kappa shape index (κ3) is 2.12. The van der Waals surface area contributed by atoms with E-state index >= 15 is 0 Å². The van der Waals surface area contributed by atoms with Crippen LogP contribution in [-0.2, 0) is 16.0 Å². The quantitative estimate of drug-likeness (QED) is 0.801. The Labute approximate surface area is 101 Å². The molecule has 90 valence electrons. The minimum Gasteiger partial charge on any atom is -0.378 e. The SMILES string of the molecule is O=C(CC1CCCO1)C1CCc2cccnc21. The molecule has 2 heterocycles. The number of Topliss-reactive ketones (excluding diaryl/α,β-unsaturated/α-hetero) is 1. The Bertz CT molecular complexity index is 424. The van der Waals surface area contributed by atoms with Gasteiger partial charge in [-0.1, -0.05) is 6.07 Å². The van der Waals surface area contributed by atoms with Gasteiger partial charge in [0.25, 0.3) is 0 Å². The summed E-state index contributed by atoms with van der Waals surface area (Å²) in [5, 5.41) is 0. The summed E-state index contributed by atoms with van der Waals surface area (Å²) in [7, 11) is 0. The molecule has 2 atom stereocenters. The lowest BCUT2D eigenvalue weighted by molar-refractivity contribution is -0.122. The number of ether oxygens (including phenoxy) is 1. The maximum Gasteiger partial charge on any atom is 0.144 e. The van der Waals surface area contributed by atoms with Crippen LogP contribution in [0.5, 0.6) is 0 Å². The molecule has 0 radical (unpaired) electrons. The molecule has 0 aromatic carbocycles. The molecule has 1 aliphatic heterocycles. The molecule has 2 unspecified atom stereocenters. The summed E-state index contributed by atoms with van der Waals surface area (Å²) >= 11 is 0. The summed E-state index contributed by atoms with van der Waals surface area (Å²) in [5.41, 5.74) is 2.26. The number of carbonyl (C=O) groups excluding carboxylic acids is 1. The Hall–Kier alpha value is -1.22. The van der Waals surface area contributed by atoms with Crippen molar-refractivity contribution in [3.05, 3.63) is 29.6 Å². The van der Waals surface area contributed by atoms with E-state index in [1.807, 2.05) is 6.07 Å². The first kappa shape index (κ1) is 10.9. The van der Waals surface area contributed by atoms with Crippen molar-refractivity contribution in [2.75, 3.05) is 6.61 Å². The lowest BCUT2D eigenvalue weighted by Crippen LogP contribution is -2.18. The summed E-state index contributed by atoms with van der Waals surface area (Å²) in [6.45, 7) is 0.817. The lowest BCUT2D eigenvalue weighted by Gasteiger charge is -2.13. The molecule has 1 aromatic rings. The van der Waals surface area contributed by atoms with Crippen molar-refractivity contribution in [3.63, 3.8) is 0 Å². The van der Waals surface area contributed by atoms with E-state index in [0.29, 0.717) is 12.2 Å². The Kier molecular flexibility index (Phi) is 2.93. The van der Waals surface area contributed by atoms with Crippen LogP contribution in [0.2, 0.25) is 0 Å². The third-order valence-electron chi connectivity index (χ3n) is 3.80. The highest BCUT2D eigenvalue weighted by atomic mass is 16.5. The van der Waals surface area contributed by atoms with Gasteiger partial charge in [-0.05, 0) is 37.3 Å². The largest absolute Gasteiger partial charge is 0.378 e. The van der Waals surface area contributed by atoms with Crippen molar-refractivity contribution in [1.29, 1.82) is 0 Å². The number of fused-ring (bicyclic) bond motifs is 1. The number of aryl methyl sites for hydroxylation is 1. The molecule has 3 heteroatoms. The van der Waals surface area contributed by atoms with E-state index in [1.54, 1.807) is 6.20 Å². The molecular formula is C14H17NO2. The zero-order chi connectivity index (χ0) is 11.7. The number of hydrogen-bond acceptors (Lipinski definition) is 3. The molecule has 0 amide bonds.